The first-order valence-corrected chi connectivity index (χ1v) is 11.4. The van der Waals surface area contributed by atoms with Crippen molar-refractivity contribution < 1.29 is 22.3 Å². The molecule has 1 aromatic carbocycles. The Labute approximate surface area is 198 Å². The maximum absolute atomic E-state index is 14.2. The van der Waals surface area contributed by atoms with E-state index < -0.39 is 18.0 Å². The molecule has 0 amide bonds. The highest BCUT2D eigenvalue weighted by molar-refractivity contribution is 5.82. The van der Waals surface area contributed by atoms with Gasteiger partial charge in [0.05, 0.1) is 12.1 Å². The molecule has 0 unspecified atom stereocenters. The number of alkyl halides is 3. The lowest BCUT2D eigenvalue weighted by Gasteiger charge is -2.30. The number of halogens is 4. The molecule has 0 saturated carbocycles. The monoisotopic (exact) mass is 488 g/mol. The van der Waals surface area contributed by atoms with Gasteiger partial charge in [0.1, 0.15) is 11.7 Å². The van der Waals surface area contributed by atoms with Crippen molar-refractivity contribution in [1.29, 1.82) is 0 Å². The Bertz CT molecular complexity index is 1370. The molecule has 35 heavy (non-hydrogen) atoms. The summed E-state index contributed by atoms with van der Waals surface area (Å²) in [4.78, 5) is 5.99. The molecule has 5 rings (SSSR count). The minimum Gasteiger partial charge on any atom is -0.491 e. The van der Waals surface area contributed by atoms with Crippen LogP contribution in [0.1, 0.15) is 24.9 Å². The maximum atomic E-state index is 14.2. The lowest BCUT2D eigenvalue weighted by Crippen LogP contribution is -2.37. The van der Waals surface area contributed by atoms with Crippen molar-refractivity contribution in [2.75, 3.05) is 26.2 Å². The van der Waals surface area contributed by atoms with E-state index in [0.717, 1.165) is 0 Å². The van der Waals surface area contributed by atoms with Gasteiger partial charge in [-0.15, -0.1) is 10.2 Å². The number of rotatable bonds is 6. The van der Waals surface area contributed by atoms with Gasteiger partial charge in [-0.05, 0) is 56.1 Å². The molecular formula is C24H24F4N6O. The minimum absolute atomic E-state index is 0.0438. The summed E-state index contributed by atoms with van der Waals surface area (Å²) in [5.41, 5.74) is 7.04. The molecule has 0 radical (unpaired) electrons. The number of aromatic nitrogens is 4. The van der Waals surface area contributed by atoms with Crippen LogP contribution in [0.15, 0.2) is 42.6 Å². The van der Waals surface area contributed by atoms with Crippen molar-refractivity contribution in [2.45, 2.75) is 25.6 Å². The predicted octanol–water partition coefficient (Wildman–Crippen LogP) is 4.37. The molecule has 1 aliphatic heterocycles. The quantitative estimate of drug-likeness (QED) is 0.406. The van der Waals surface area contributed by atoms with E-state index in [1.54, 1.807) is 19.1 Å². The fourth-order valence-corrected chi connectivity index (χ4v) is 4.65. The molecule has 11 heteroatoms. The minimum atomic E-state index is -4.47. The van der Waals surface area contributed by atoms with Gasteiger partial charge >= 0.3 is 6.18 Å². The fraction of sp³-hybridized carbons (Fsp3) is 0.375. The van der Waals surface area contributed by atoms with E-state index in [9.17, 15) is 17.6 Å². The average Bonchev–Trinajstić information content (AvgIpc) is 3.46. The Balaban J connectivity index is 1.57. The van der Waals surface area contributed by atoms with Crippen LogP contribution in [-0.2, 0) is 0 Å². The third-order valence-electron chi connectivity index (χ3n) is 6.34. The van der Waals surface area contributed by atoms with E-state index in [2.05, 4.69) is 15.2 Å². The molecule has 0 bridgehead atoms. The summed E-state index contributed by atoms with van der Waals surface area (Å²) in [6.07, 6.45) is -2.42. The predicted molar refractivity (Wildman–Crippen MR) is 122 cm³/mol. The van der Waals surface area contributed by atoms with Crippen LogP contribution in [0, 0.1) is 11.7 Å². The first-order chi connectivity index (χ1) is 16.8. The molecule has 3 aromatic heterocycles. The van der Waals surface area contributed by atoms with E-state index in [1.807, 2.05) is 0 Å². The lowest BCUT2D eigenvalue weighted by atomic mass is 10.1. The van der Waals surface area contributed by atoms with Crippen LogP contribution >= 0.6 is 0 Å². The Morgan fingerprint density at radius 3 is 2.71 bits per heavy atom. The topological polar surface area (TPSA) is 81.6 Å². The number of nitrogens with two attached hydrogens (primary N) is 1. The van der Waals surface area contributed by atoms with E-state index in [4.69, 9.17) is 10.5 Å². The second-order valence-electron chi connectivity index (χ2n) is 8.65. The van der Waals surface area contributed by atoms with Crippen molar-refractivity contribution >= 4 is 16.6 Å². The summed E-state index contributed by atoms with van der Waals surface area (Å²) < 4.78 is 63.6. The fourth-order valence-electron chi connectivity index (χ4n) is 4.65. The highest BCUT2D eigenvalue weighted by Crippen LogP contribution is 2.40. The van der Waals surface area contributed by atoms with Gasteiger partial charge in [0.2, 0.25) is 0 Å². The number of nitrogens with zero attached hydrogens (tertiary/aromatic N) is 5. The van der Waals surface area contributed by atoms with E-state index >= 15 is 0 Å². The number of pyridine rings is 2. The molecule has 1 saturated heterocycles. The van der Waals surface area contributed by atoms with Crippen molar-refractivity contribution in [3.8, 4) is 17.3 Å². The third-order valence-corrected chi connectivity index (χ3v) is 6.34. The second kappa shape index (κ2) is 9.04. The van der Waals surface area contributed by atoms with E-state index in [0.29, 0.717) is 54.9 Å². The summed E-state index contributed by atoms with van der Waals surface area (Å²) in [5.74, 6) is -0.0913. The number of benzene rings is 1. The number of hydrogen-bond donors (Lipinski definition) is 1. The van der Waals surface area contributed by atoms with Crippen LogP contribution in [-0.4, -0.2) is 56.9 Å². The zero-order chi connectivity index (χ0) is 24.7. The molecule has 1 aliphatic rings. The molecule has 1 fully saturated rings. The highest BCUT2D eigenvalue weighted by atomic mass is 19.4. The Kier molecular flexibility index (Phi) is 6.06. The van der Waals surface area contributed by atoms with Crippen molar-refractivity contribution in [1.82, 2.24) is 24.5 Å². The second-order valence-corrected chi connectivity index (χ2v) is 8.65. The molecule has 2 atom stereocenters. The van der Waals surface area contributed by atoms with Crippen LogP contribution in [0.25, 0.3) is 28.1 Å². The molecule has 0 aliphatic carbocycles. The van der Waals surface area contributed by atoms with Crippen LogP contribution in [0.2, 0.25) is 0 Å². The molecule has 2 N–H and O–H groups in total. The van der Waals surface area contributed by atoms with Gasteiger partial charge in [0.25, 0.3) is 0 Å². The van der Waals surface area contributed by atoms with Crippen molar-refractivity contribution in [2.24, 2.45) is 11.7 Å². The normalized spacial score (nSPS) is 17.9. The first-order valence-electron chi connectivity index (χ1n) is 11.4. The number of likely N-dealkylation sites (tertiary alicyclic amines) is 1. The number of fused-ring (bicyclic) bond motifs is 2. The Morgan fingerprint density at radius 2 is 2.00 bits per heavy atom. The Hall–Kier alpha value is -3.31. The van der Waals surface area contributed by atoms with Crippen LogP contribution in [0.4, 0.5) is 17.6 Å². The zero-order valence-electron chi connectivity index (χ0n) is 19.0. The van der Waals surface area contributed by atoms with Crippen LogP contribution in [0.5, 0.6) is 5.75 Å². The van der Waals surface area contributed by atoms with Crippen LogP contribution in [0.3, 0.4) is 0 Å². The summed E-state index contributed by atoms with van der Waals surface area (Å²) in [5, 5.41) is 8.83. The van der Waals surface area contributed by atoms with Crippen molar-refractivity contribution in [3.63, 3.8) is 0 Å². The number of hydrogen-bond acceptors (Lipinski definition) is 6. The summed E-state index contributed by atoms with van der Waals surface area (Å²) in [6, 6.07) is 7.33. The standard InChI is InChI=1S/C24H24F4N6O/c1-2-35-20-10-19-15(9-17(20)25)3-5-18(30-19)23-32-31-21-6-4-16(13-34(21)23)22(24(26,27)28)33-8-7-14(11-29)12-33/h3-6,9-10,13-14,22H,2,7-8,11-12,29H2,1H3/t14-,22+/m0/s1. The average molecular weight is 488 g/mol. The largest absolute Gasteiger partial charge is 0.491 e. The van der Waals surface area contributed by atoms with Gasteiger partial charge < -0.3 is 10.5 Å². The molecule has 7 nitrogen and oxygen atoms in total. The summed E-state index contributed by atoms with van der Waals surface area (Å²) in [7, 11) is 0. The highest BCUT2D eigenvalue weighted by Gasteiger charge is 2.46. The van der Waals surface area contributed by atoms with Gasteiger partial charge in [0.15, 0.2) is 23.0 Å². The number of ether oxygens (including phenoxy) is 1. The van der Waals surface area contributed by atoms with Gasteiger partial charge in [-0.25, -0.2) is 9.37 Å². The molecule has 4 aromatic rings. The smallest absolute Gasteiger partial charge is 0.408 e. The van der Waals surface area contributed by atoms with Gasteiger partial charge in [-0.2, -0.15) is 13.2 Å². The zero-order valence-corrected chi connectivity index (χ0v) is 19.0. The van der Waals surface area contributed by atoms with Crippen LogP contribution < -0.4 is 10.5 Å². The van der Waals surface area contributed by atoms with Gasteiger partial charge in [0, 0.05) is 24.2 Å². The molecule has 4 heterocycles. The molecule has 184 valence electrons. The molecular weight excluding hydrogens is 464 g/mol. The van der Waals surface area contributed by atoms with Gasteiger partial charge in [-0.3, -0.25) is 9.30 Å². The van der Waals surface area contributed by atoms with E-state index in [1.165, 1.54) is 39.8 Å². The SMILES string of the molecule is CCOc1cc2nc(-c3nnc4ccc([C@@H](N5CC[C@@H](CN)C5)C(F)(F)F)cn34)ccc2cc1F. The summed E-state index contributed by atoms with van der Waals surface area (Å²) in [6.45, 7) is 3.02. The lowest BCUT2D eigenvalue weighted by molar-refractivity contribution is -0.184. The first kappa shape index (κ1) is 23.4. The Morgan fingerprint density at radius 1 is 1.17 bits per heavy atom. The van der Waals surface area contributed by atoms with Gasteiger partial charge in [-0.1, -0.05) is 12.1 Å². The van der Waals surface area contributed by atoms with Crippen molar-refractivity contribution in [3.05, 3.63) is 54.0 Å². The van der Waals surface area contributed by atoms with E-state index in [-0.39, 0.29) is 23.1 Å². The third kappa shape index (κ3) is 4.41. The summed E-state index contributed by atoms with van der Waals surface area (Å²) >= 11 is 0. The maximum Gasteiger partial charge on any atom is 0.408 e. The molecule has 0 spiro atoms.